The molecule has 1 aromatic rings. The highest BCUT2D eigenvalue weighted by molar-refractivity contribution is 6.02. The fraction of sp³-hybridized carbons (Fsp3) is 0.467. The Labute approximate surface area is 113 Å². The number of Topliss-reactive ketones (excluding diaryl/α,β-unsaturated/α-hetero) is 1. The minimum Gasteiger partial charge on any atom is -0.326 e. The van der Waals surface area contributed by atoms with Crippen molar-refractivity contribution in [2.75, 3.05) is 18.9 Å². The number of benzene rings is 1. The highest BCUT2D eigenvalue weighted by Crippen LogP contribution is 2.27. The molecule has 19 heavy (non-hydrogen) atoms. The van der Waals surface area contributed by atoms with Crippen molar-refractivity contribution < 1.29 is 9.59 Å². The van der Waals surface area contributed by atoms with E-state index in [9.17, 15) is 9.59 Å². The van der Waals surface area contributed by atoms with Crippen LogP contribution in [0, 0.1) is 5.41 Å². The summed E-state index contributed by atoms with van der Waals surface area (Å²) in [5.41, 5.74) is 2.17. The molecule has 1 aromatic carbocycles. The number of fused-ring (bicyclic) bond motifs is 1. The van der Waals surface area contributed by atoms with Crippen LogP contribution < -0.4 is 10.6 Å². The summed E-state index contributed by atoms with van der Waals surface area (Å²) in [6.45, 7) is 4.51. The van der Waals surface area contributed by atoms with Gasteiger partial charge in [-0.15, -0.1) is 0 Å². The lowest BCUT2D eigenvalue weighted by molar-refractivity contribution is -0.116. The van der Waals surface area contributed by atoms with Crippen LogP contribution in [0.5, 0.6) is 0 Å². The first-order chi connectivity index (χ1) is 8.94. The number of hydrogen-bond acceptors (Lipinski definition) is 3. The van der Waals surface area contributed by atoms with Crippen molar-refractivity contribution in [2.45, 2.75) is 26.7 Å². The van der Waals surface area contributed by atoms with E-state index < -0.39 is 5.41 Å². The third-order valence-electron chi connectivity index (χ3n) is 3.50. The van der Waals surface area contributed by atoms with Crippen LogP contribution >= 0.6 is 0 Å². The van der Waals surface area contributed by atoms with Gasteiger partial charge in [-0.25, -0.2) is 0 Å². The minimum atomic E-state index is -0.430. The Balaban J connectivity index is 2.27. The summed E-state index contributed by atoms with van der Waals surface area (Å²) in [6, 6.07) is 5.54. The fourth-order valence-corrected chi connectivity index (χ4v) is 2.44. The van der Waals surface area contributed by atoms with Gasteiger partial charge >= 0.3 is 0 Å². The van der Waals surface area contributed by atoms with E-state index in [1.807, 2.05) is 33.0 Å². The van der Waals surface area contributed by atoms with Crippen LogP contribution in [0.4, 0.5) is 5.69 Å². The van der Waals surface area contributed by atoms with Gasteiger partial charge in [-0.05, 0) is 37.2 Å². The van der Waals surface area contributed by atoms with Gasteiger partial charge < -0.3 is 10.6 Å². The van der Waals surface area contributed by atoms with Gasteiger partial charge in [0.25, 0.3) is 0 Å². The maximum atomic E-state index is 12.5. The Morgan fingerprint density at radius 2 is 2.11 bits per heavy atom. The second kappa shape index (κ2) is 5.13. The monoisotopic (exact) mass is 260 g/mol. The van der Waals surface area contributed by atoms with Crippen molar-refractivity contribution in [3.8, 4) is 0 Å². The molecule has 0 bridgehead atoms. The summed E-state index contributed by atoms with van der Waals surface area (Å²) in [5.74, 6) is 0.170. The fourth-order valence-electron chi connectivity index (χ4n) is 2.44. The first-order valence-electron chi connectivity index (χ1n) is 6.56. The van der Waals surface area contributed by atoms with Gasteiger partial charge in [0, 0.05) is 29.6 Å². The molecule has 0 radical (unpaired) electrons. The zero-order valence-corrected chi connectivity index (χ0v) is 11.7. The lowest BCUT2D eigenvalue weighted by Crippen LogP contribution is -2.34. The molecule has 1 heterocycles. The average molecular weight is 260 g/mol. The molecule has 1 amide bonds. The van der Waals surface area contributed by atoms with Gasteiger partial charge in [-0.3, -0.25) is 9.59 Å². The Morgan fingerprint density at radius 1 is 1.37 bits per heavy atom. The topological polar surface area (TPSA) is 58.2 Å². The zero-order chi connectivity index (χ0) is 14.0. The van der Waals surface area contributed by atoms with E-state index >= 15 is 0 Å². The third-order valence-corrected chi connectivity index (χ3v) is 3.50. The number of aryl methyl sites for hydroxylation is 1. The van der Waals surface area contributed by atoms with Crippen LogP contribution in [0.15, 0.2) is 18.2 Å². The molecule has 2 rings (SSSR count). The van der Waals surface area contributed by atoms with Crippen molar-refractivity contribution in [1.29, 1.82) is 0 Å². The number of rotatable bonds is 4. The number of ketones is 1. The molecule has 1 aliphatic rings. The van der Waals surface area contributed by atoms with Gasteiger partial charge in [0.15, 0.2) is 5.78 Å². The highest BCUT2D eigenvalue weighted by Gasteiger charge is 2.28. The SMILES string of the molecule is CNCC(C)(C)C(=O)c1ccc2c(c1)CCC(=O)N2. The molecule has 4 heteroatoms. The number of carbonyl (C=O) groups is 2. The number of nitrogens with one attached hydrogen (secondary N) is 2. The first kappa shape index (κ1) is 13.7. The molecular formula is C15H20N2O2. The van der Waals surface area contributed by atoms with Gasteiger partial charge in [0.1, 0.15) is 0 Å². The molecule has 2 N–H and O–H groups in total. The number of amides is 1. The number of hydrogen-bond donors (Lipinski definition) is 2. The Morgan fingerprint density at radius 3 is 2.79 bits per heavy atom. The van der Waals surface area contributed by atoms with Gasteiger partial charge in [0.2, 0.25) is 5.91 Å². The largest absolute Gasteiger partial charge is 0.326 e. The molecule has 0 spiro atoms. The summed E-state index contributed by atoms with van der Waals surface area (Å²) in [4.78, 5) is 23.8. The van der Waals surface area contributed by atoms with Gasteiger partial charge in [0.05, 0.1) is 0 Å². The predicted octanol–water partition coefficient (Wildman–Crippen LogP) is 2.00. The van der Waals surface area contributed by atoms with Crippen molar-refractivity contribution in [3.05, 3.63) is 29.3 Å². The zero-order valence-electron chi connectivity index (χ0n) is 11.7. The number of carbonyl (C=O) groups excluding carboxylic acids is 2. The molecule has 0 atom stereocenters. The summed E-state index contributed by atoms with van der Waals surface area (Å²) >= 11 is 0. The minimum absolute atomic E-state index is 0.0436. The van der Waals surface area contributed by atoms with E-state index in [1.54, 1.807) is 6.07 Å². The summed E-state index contributed by atoms with van der Waals surface area (Å²) < 4.78 is 0. The molecule has 1 aliphatic heterocycles. The smallest absolute Gasteiger partial charge is 0.224 e. The molecule has 0 fully saturated rings. The normalized spacial score (nSPS) is 14.8. The molecular weight excluding hydrogens is 240 g/mol. The lowest BCUT2D eigenvalue weighted by atomic mass is 9.83. The maximum absolute atomic E-state index is 12.5. The molecule has 0 saturated heterocycles. The van der Waals surface area contributed by atoms with E-state index in [2.05, 4.69) is 10.6 Å². The third kappa shape index (κ3) is 2.84. The second-order valence-corrected chi connectivity index (χ2v) is 5.66. The number of anilines is 1. The average Bonchev–Trinajstić information content (AvgIpc) is 2.37. The Hall–Kier alpha value is -1.68. The molecule has 0 unspecified atom stereocenters. The van der Waals surface area contributed by atoms with Crippen LogP contribution in [0.1, 0.15) is 36.2 Å². The van der Waals surface area contributed by atoms with Crippen LogP contribution in [0.25, 0.3) is 0 Å². The van der Waals surface area contributed by atoms with E-state index in [0.29, 0.717) is 19.4 Å². The lowest BCUT2D eigenvalue weighted by Gasteiger charge is -2.24. The predicted molar refractivity (Wildman–Crippen MR) is 75.4 cm³/mol. The van der Waals surface area contributed by atoms with Crippen LogP contribution in [0.3, 0.4) is 0 Å². The first-order valence-corrected chi connectivity index (χ1v) is 6.56. The quantitative estimate of drug-likeness (QED) is 0.814. The Bertz CT molecular complexity index is 521. The van der Waals surface area contributed by atoms with E-state index in [0.717, 1.165) is 16.8 Å². The Kier molecular flexibility index (Phi) is 3.71. The molecule has 102 valence electrons. The summed E-state index contributed by atoms with van der Waals surface area (Å²) in [6.07, 6.45) is 1.19. The second-order valence-electron chi connectivity index (χ2n) is 5.66. The maximum Gasteiger partial charge on any atom is 0.224 e. The van der Waals surface area contributed by atoms with Crippen molar-refractivity contribution in [3.63, 3.8) is 0 Å². The van der Waals surface area contributed by atoms with Gasteiger partial charge in [-0.2, -0.15) is 0 Å². The van der Waals surface area contributed by atoms with E-state index in [1.165, 1.54) is 0 Å². The van der Waals surface area contributed by atoms with Gasteiger partial charge in [-0.1, -0.05) is 13.8 Å². The molecule has 4 nitrogen and oxygen atoms in total. The highest BCUT2D eigenvalue weighted by atomic mass is 16.1. The van der Waals surface area contributed by atoms with Crippen molar-refractivity contribution in [1.82, 2.24) is 5.32 Å². The standard InChI is InChI=1S/C15H20N2O2/c1-15(2,9-16-3)14(19)11-4-6-12-10(8-11)5-7-13(18)17-12/h4,6,8,16H,5,7,9H2,1-3H3,(H,17,18). The van der Waals surface area contributed by atoms with Crippen LogP contribution in [0.2, 0.25) is 0 Å². The summed E-state index contributed by atoms with van der Waals surface area (Å²) in [7, 11) is 1.84. The summed E-state index contributed by atoms with van der Waals surface area (Å²) in [5, 5.41) is 5.88. The van der Waals surface area contributed by atoms with E-state index in [-0.39, 0.29) is 11.7 Å². The molecule has 0 aliphatic carbocycles. The van der Waals surface area contributed by atoms with Crippen LogP contribution in [-0.2, 0) is 11.2 Å². The van der Waals surface area contributed by atoms with E-state index in [4.69, 9.17) is 0 Å². The molecule has 0 saturated carbocycles. The van der Waals surface area contributed by atoms with Crippen LogP contribution in [-0.4, -0.2) is 25.3 Å². The molecule has 0 aromatic heterocycles. The van der Waals surface area contributed by atoms with Crippen molar-refractivity contribution >= 4 is 17.4 Å². The van der Waals surface area contributed by atoms with Crippen molar-refractivity contribution in [2.24, 2.45) is 5.41 Å².